The third-order valence-electron chi connectivity index (χ3n) is 3.52. The van der Waals surface area contributed by atoms with Gasteiger partial charge in [-0.3, -0.25) is 4.79 Å². The largest absolute Gasteiger partial charge is 0.322 e. The first kappa shape index (κ1) is 16.0. The van der Waals surface area contributed by atoms with Crippen molar-refractivity contribution in [3.63, 3.8) is 0 Å². The zero-order chi connectivity index (χ0) is 15.9. The Bertz CT molecular complexity index is 649. The predicted octanol–water partition coefficient (Wildman–Crippen LogP) is 4.25. The highest BCUT2D eigenvalue weighted by atomic mass is 16.1. The SMILES string of the molecule is C[C](CCC(C)=O)c1ccccc1NC(=O)c1ccccc1. The van der Waals surface area contributed by atoms with Crippen LogP contribution >= 0.6 is 0 Å². The summed E-state index contributed by atoms with van der Waals surface area (Å²) in [5, 5.41) is 2.95. The second-order valence-electron chi connectivity index (χ2n) is 5.35. The van der Waals surface area contributed by atoms with Crippen molar-refractivity contribution in [3.05, 3.63) is 71.6 Å². The number of carbonyl (C=O) groups is 2. The third kappa shape index (κ3) is 4.29. The summed E-state index contributed by atoms with van der Waals surface area (Å²) in [6.07, 6.45) is 1.22. The fourth-order valence-corrected chi connectivity index (χ4v) is 2.25. The average Bonchev–Trinajstić information content (AvgIpc) is 2.54. The molecule has 1 radical (unpaired) electrons. The van der Waals surface area contributed by atoms with Gasteiger partial charge in [-0.15, -0.1) is 0 Å². The monoisotopic (exact) mass is 294 g/mol. The first-order valence-corrected chi connectivity index (χ1v) is 7.35. The lowest BCUT2D eigenvalue weighted by Crippen LogP contribution is -2.14. The van der Waals surface area contributed by atoms with Crippen molar-refractivity contribution in [2.24, 2.45) is 0 Å². The van der Waals surface area contributed by atoms with E-state index < -0.39 is 0 Å². The van der Waals surface area contributed by atoms with Crippen LogP contribution in [0.4, 0.5) is 5.69 Å². The van der Waals surface area contributed by atoms with E-state index >= 15 is 0 Å². The van der Waals surface area contributed by atoms with Crippen molar-refractivity contribution in [1.29, 1.82) is 0 Å². The Balaban J connectivity index is 2.14. The number of carbonyl (C=O) groups excluding carboxylic acids is 2. The molecule has 2 aromatic carbocycles. The quantitative estimate of drug-likeness (QED) is 0.865. The molecule has 0 aromatic heterocycles. The van der Waals surface area contributed by atoms with Gasteiger partial charge in [-0.05, 0) is 37.1 Å². The molecule has 3 heteroatoms. The van der Waals surface area contributed by atoms with Gasteiger partial charge < -0.3 is 10.1 Å². The maximum absolute atomic E-state index is 12.3. The van der Waals surface area contributed by atoms with Crippen LogP contribution in [0.1, 0.15) is 42.6 Å². The number of benzene rings is 2. The van der Waals surface area contributed by atoms with Gasteiger partial charge in [0.1, 0.15) is 5.78 Å². The van der Waals surface area contributed by atoms with Gasteiger partial charge >= 0.3 is 0 Å². The molecule has 2 rings (SSSR count). The minimum absolute atomic E-state index is 0.132. The van der Waals surface area contributed by atoms with E-state index in [0.29, 0.717) is 18.4 Å². The molecule has 0 saturated heterocycles. The van der Waals surface area contributed by atoms with Gasteiger partial charge in [-0.25, -0.2) is 0 Å². The normalized spacial score (nSPS) is 10.5. The Morgan fingerprint density at radius 3 is 2.18 bits per heavy atom. The van der Waals surface area contributed by atoms with Crippen molar-refractivity contribution in [2.45, 2.75) is 26.7 Å². The summed E-state index contributed by atoms with van der Waals surface area (Å²) in [6.45, 7) is 3.59. The van der Waals surface area contributed by atoms with E-state index in [9.17, 15) is 9.59 Å². The van der Waals surface area contributed by atoms with Crippen molar-refractivity contribution >= 4 is 17.4 Å². The maximum atomic E-state index is 12.3. The summed E-state index contributed by atoms with van der Waals surface area (Å²) in [5.74, 6) is 1.14. The fraction of sp³-hybridized carbons (Fsp3) is 0.211. The van der Waals surface area contributed by atoms with Crippen LogP contribution in [-0.2, 0) is 4.79 Å². The third-order valence-corrected chi connectivity index (χ3v) is 3.52. The molecule has 0 bridgehead atoms. The molecular formula is C19H20NO2. The lowest BCUT2D eigenvalue weighted by molar-refractivity contribution is -0.117. The lowest BCUT2D eigenvalue weighted by Gasteiger charge is -2.16. The second-order valence-corrected chi connectivity index (χ2v) is 5.35. The first-order valence-electron chi connectivity index (χ1n) is 7.35. The van der Waals surface area contributed by atoms with E-state index in [0.717, 1.165) is 17.2 Å². The topological polar surface area (TPSA) is 46.2 Å². The summed E-state index contributed by atoms with van der Waals surface area (Å²) < 4.78 is 0. The molecule has 1 N–H and O–H groups in total. The van der Waals surface area contributed by atoms with E-state index in [4.69, 9.17) is 0 Å². The molecule has 22 heavy (non-hydrogen) atoms. The standard InChI is InChI=1S/C19H20NO2/c1-14(12-13-15(2)21)17-10-6-7-11-18(17)20-19(22)16-8-4-3-5-9-16/h3-11H,12-13H2,1-2H3,(H,20,22). The van der Waals surface area contributed by atoms with Crippen LogP contribution < -0.4 is 5.32 Å². The van der Waals surface area contributed by atoms with E-state index in [1.807, 2.05) is 49.4 Å². The Morgan fingerprint density at radius 2 is 1.50 bits per heavy atom. The average molecular weight is 294 g/mol. The predicted molar refractivity (Wildman–Crippen MR) is 88.8 cm³/mol. The van der Waals surface area contributed by atoms with Gasteiger partial charge in [0, 0.05) is 23.6 Å². The highest BCUT2D eigenvalue weighted by Gasteiger charge is 2.14. The molecule has 2 aromatic rings. The molecule has 0 unspecified atom stereocenters. The number of Topliss-reactive ketones (excluding diaryl/α,β-unsaturated/α-hetero) is 1. The number of para-hydroxylation sites is 1. The fourth-order valence-electron chi connectivity index (χ4n) is 2.25. The van der Waals surface area contributed by atoms with E-state index in [1.54, 1.807) is 19.1 Å². The number of hydrogen-bond acceptors (Lipinski definition) is 2. The molecule has 0 aliphatic heterocycles. The van der Waals surface area contributed by atoms with Gasteiger partial charge in [0.25, 0.3) is 5.91 Å². The maximum Gasteiger partial charge on any atom is 0.255 e. The molecule has 0 spiro atoms. The molecule has 0 heterocycles. The number of nitrogens with one attached hydrogen (secondary N) is 1. The van der Waals surface area contributed by atoms with Crippen molar-refractivity contribution < 1.29 is 9.59 Å². The zero-order valence-electron chi connectivity index (χ0n) is 12.9. The molecule has 0 aliphatic carbocycles. The number of anilines is 1. The van der Waals surface area contributed by atoms with Gasteiger partial charge in [-0.2, -0.15) is 0 Å². The molecular weight excluding hydrogens is 274 g/mol. The molecule has 113 valence electrons. The van der Waals surface area contributed by atoms with Crippen molar-refractivity contribution in [1.82, 2.24) is 0 Å². The lowest BCUT2D eigenvalue weighted by atomic mass is 9.93. The van der Waals surface area contributed by atoms with E-state index in [2.05, 4.69) is 5.32 Å². The van der Waals surface area contributed by atoms with Crippen LogP contribution in [0.3, 0.4) is 0 Å². The van der Waals surface area contributed by atoms with Gasteiger partial charge in [0.15, 0.2) is 0 Å². The van der Waals surface area contributed by atoms with Crippen LogP contribution in [0.5, 0.6) is 0 Å². The summed E-state index contributed by atoms with van der Waals surface area (Å²) in [4.78, 5) is 23.4. The highest BCUT2D eigenvalue weighted by Crippen LogP contribution is 2.27. The Morgan fingerprint density at radius 1 is 0.864 bits per heavy atom. The van der Waals surface area contributed by atoms with Crippen LogP contribution in [-0.4, -0.2) is 11.7 Å². The molecule has 0 aliphatic rings. The summed E-state index contributed by atoms with van der Waals surface area (Å²) in [6, 6.07) is 16.8. The minimum atomic E-state index is -0.132. The Hall–Kier alpha value is -2.42. The van der Waals surface area contributed by atoms with Crippen molar-refractivity contribution in [3.8, 4) is 0 Å². The van der Waals surface area contributed by atoms with E-state index in [-0.39, 0.29) is 11.7 Å². The highest BCUT2D eigenvalue weighted by molar-refractivity contribution is 6.04. The van der Waals surface area contributed by atoms with Crippen LogP contribution in [0.2, 0.25) is 0 Å². The number of amides is 1. The summed E-state index contributed by atoms with van der Waals surface area (Å²) in [5.41, 5.74) is 2.38. The van der Waals surface area contributed by atoms with Gasteiger partial charge in [0.05, 0.1) is 0 Å². The summed E-state index contributed by atoms with van der Waals surface area (Å²) in [7, 11) is 0. The number of hydrogen-bond donors (Lipinski definition) is 1. The molecule has 1 amide bonds. The Labute approximate surface area is 131 Å². The Kier molecular flexibility index (Phi) is 5.48. The van der Waals surface area contributed by atoms with Gasteiger partial charge in [-0.1, -0.05) is 43.3 Å². The summed E-state index contributed by atoms with van der Waals surface area (Å²) >= 11 is 0. The molecule has 0 atom stereocenters. The molecule has 0 fully saturated rings. The number of ketones is 1. The number of rotatable bonds is 6. The zero-order valence-corrected chi connectivity index (χ0v) is 12.9. The molecule has 3 nitrogen and oxygen atoms in total. The first-order chi connectivity index (χ1) is 10.6. The van der Waals surface area contributed by atoms with Crippen LogP contribution in [0, 0.1) is 5.92 Å². The minimum Gasteiger partial charge on any atom is -0.322 e. The smallest absolute Gasteiger partial charge is 0.255 e. The second kappa shape index (κ2) is 7.55. The van der Waals surface area contributed by atoms with Crippen LogP contribution in [0.25, 0.3) is 0 Å². The van der Waals surface area contributed by atoms with E-state index in [1.165, 1.54) is 0 Å². The van der Waals surface area contributed by atoms with Crippen molar-refractivity contribution in [2.75, 3.05) is 5.32 Å². The molecule has 0 saturated carbocycles. The van der Waals surface area contributed by atoms with Crippen LogP contribution in [0.15, 0.2) is 54.6 Å². The van der Waals surface area contributed by atoms with Gasteiger partial charge in [0.2, 0.25) is 0 Å².